The zero-order valence-electron chi connectivity index (χ0n) is 14.1. The summed E-state index contributed by atoms with van der Waals surface area (Å²) in [6.07, 6.45) is 3.32. The summed E-state index contributed by atoms with van der Waals surface area (Å²) >= 11 is 3.44. The molecule has 0 aliphatic heterocycles. The molecule has 1 amide bonds. The Morgan fingerprint density at radius 3 is 2.92 bits per heavy atom. The van der Waals surface area contributed by atoms with Crippen molar-refractivity contribution in [3.63, 3.8) is 0 Å². The predicted molar refractivity (Wildman–Crippen MR) is 104 cm³/mol. The van der Waals surface area contributed by atoms with Gasteiger partial charge in [-0.2, -0.15) is 10.2 Å². The monoisotopic (exact) mass is 412 g/mol. The van der Waals surface area contributed by atoms with Crippen LogP contribution < -0.4 is 10.2 Å². The second kappa shape index (κ2) is 8.44. The minimum absolute atomic E-state index is 0.308. The van der Waals surface area contributed by atoms with Crippen molar-refractivity contribution >= 4 is 28.1 Å². The van der Waals surface area contributed by atoms with Crippen LogP contribution in [0, 0.1) is 0 Å². The minimum atomic E-state index is -0.364. The van der Waals surface area contributed by atoms with Crippen molar-refractivity contribution in [2.24, 2.45) is 5.10 Å². The lowest BCUT2D eigenvalue weighted by molar-refractivity contribution is 0.0949. The summed E-state index contributed by atoms with van der Waals surface area (Å²) in [5.74, 6) is 0.365. The number of carbonyl (C=O) groups excluding carboxylic acids is 1. The van der Waals surface area contributed by atoms with Gasteiger partial charge in [-0.3, -0.25) is 9.48 Å². The van der Waals surface area contributed by atoms with Gasteiger partial charge in [-0.1, -0.05) is 40.2 Å². The number of hydrogen-bond acceptors (Lipinski definition) is 4. The molecule has 7 heteroatoms. The zero-order chi connectivity index (χ0) is 18.4. The first-order chi connectivity index (χ1) is 12.6. The molecule has 0 fully saturated rings. The Morgan fingerprint density at radius 1 is 1.27 bits per heavy atom. The highest BCUT2D eigenvalue weighted by molar-refractivity contribution is 9.10. The Balaban J connectivity index is 1.60. The van der Waals surface area contributed by atoms with E-state index in [9.17, 15) is 4.79 Å². The molecule has 6 nitrogen and oxygen atoms in total. The standard InChI is InChI=1S/C19H17BrN4O2/c1-26-17-7-3-4-14(11-17)12-21-22-19(25)18-8-9-24(23-18)13-15-5-2-6-16(20)10-15/h2-12H,13H2,1H3,(H,22,25)/b21-12+. The molecule has 0 aliphatic carbocycles. The van der Waals surface area contributed by atoms with Crippen LogP contribution in [-0.2, 0) is 6.54 Å². The van der Waals surface area contributed by atoms with Gasteiger partial charge in [0.15, 0.2) is 5.69 Å². The number of rotatable bonds is 6. The van der Waals surface area contributed by atoms with E-state index in [1.165, 1.54) is 0 Å². The third-order valence-electron chi connectivity index (χ3n) is 3.58. The van der Waals surface area contributed by atoms with Gasteiger partial charge in [-0.05, 0) is 41.5 Å². The van der Waals surface area contributed by atoms with Crippen LogP contribution in [0.2, 0.25) is 0 Å². The van der Waals surface area contributed by atoms with Gasteiger partial charge in [0, 0.05) is 10.7 Å². The number of nitrogens with one attached hydrogen (secondary N) is 1. The van der Waals surface area contributed by atoms with E-state index >= 15 is 0 Å². The molecule has 132 valence electrons. The van der Waals surface area contributed by atoms with Crippen LogP contribution in [0.1, 0.15) is 21.6 Å². The molecule has 0 radical (unpaired) electrons. The van der Waals surface area contributed by atoms with Crippen molar-refractivity contribution in [3.8, 4) is 5.75 Å². The number of nitrogens with zero attached hydrogens (tertiary/aromatic N) is 3. The van der Waals surface area contributed by atoms with Gasteiger partial charge in [-0.15, -0.1) is 0 Å². The van der Waals surface area contributed by atoms with Crippen LogP contribution in [-0.4, -0.2) is 29.0 Å². The first-order valence-electron chi connectivity index (χ1n) is 7.89. The van der Waals surface area contributed by atoms with E-state index in [0.29, 0.717) is 12.2 Å². The number of carbonyl (C=O) groups is 1. The summed E-state index contributed by atoms with van der Waals surface area (Å²) in [6.45, 7) is 0.583. The van der Waals surface area contributed by atoms with E-state index in [2.05, 4.69) is 31.6 Å². The zero-order valence-corrected chi connectivity index (χ0v) is 15.7. The van der Waals surface area contributed by atoms with Crippen LogP contribution in [0.15, 0.2) is 70.4 Å². The average molecular weight is 413 g/mol. The number of hydrogen-bond donors (Lipinski definition) is 1. The topological polar surface area (TPSA) is 68.5 Å². The maximum absolute atomic E-state index is 12.1. The Hall–Kier alpha value is -2.93. The third-order valence-corrected chi connectivity index (χ3v) is 4.07. The van der Waals surface area contributed by atoms with Crippen LogP contribution >= 0.6 is 15.9 Å². The van der Waals surface area contributed by atoms with Crippen LogP contribution in [0.25, 0.3) is 0 Å². The lowest BCUT2D eigenvalue weighted by Gasteiger charge is -2.02. The molecule has 0 saturated carbocycles. The van der Waals surface area contributed by atoms with Gasteiger partial charge in [0.25, 0.3) is 5.91 Å². The maximum atomic E-state index is 12.1. The van der Waals surface area contributed by atoms with E-state index in [0.717, 1.165) is 21.3 Å². The molecule has 0 spiro atoms. The first kappa shape index (κ1) is 17.9. The fraction of sp³-hybridized carbons (Fsp3) is 0.105. The molecule has 1 aromatic heterocycles. The Morgan fingerprint density at radius 2 is 2.12 bits per heavy atom. The lowest BCUT2D eigenvalue weighted by Crippen LogP contribution is -2.18. The van der Waals surface area contributed by atoms with Gasteiger partial charge < -0.3 is 4.74 Å². The molecule has 0 atom stereocenters. The maximum Gasteiger partial charge on any atom is 0.291 e. The summed E-state index contributed by atoms with van der Waals surface area (Å²) in [5.41, 5.74) is 4.70. The van der Waals surface area contributed by atoms with Crippen LogP contribution in [0.3, 0.4) is 0 Å². The SMILES string of the molecule is COc1cccc(/C=N/NC(=O)c2ccn(Cc3cccc(Br)c3)n2)c1. The van der Waals surface area contributed by atoms with Crippen molar-refractivity contribution in [2.45, 2.75) is 6.54 Å². The van der Waals surface area contributed by atoms with Crippen molar-refractivity contribution < 1.29 is 9.53 Å². The van der Waals surface area contributed by atoms with Crippen LogP contribution in [0.4, 0.5) is 0 Å². The van der Waals surface area contributed by atoms with Crippen LogP contribution in [0.5, 0.6) is 5.75 Å². The van der Waals surface area contributed by atoms with Crippen molar-refractivity contribution in [1.82, 2.24) is 15.2 Å². The van der Waals surface area contributed by atoms with E-state index in [1.807, 2.05) is 48.5 Å². The number of ether oxygens (including phenoxy) is 1. The summed E-state index contributed by atoms with van der Waals surface area (Å²) in [6, 6.07) is 17.0. The number of methoxy groups -OCH3 is 1. The fourth-order valence-corrected chi connectivity index (χ4v) is 2.78. The number of hydrazone groups is 1. The van der Waals surface area contributed by atoms with Gasteiger partial charge in [0.05, 0.1) is 19.9 Å². The molecule has 0 bridgehead atoms. The average Bonchev–Trinajstić information content (AvgIpc) is 3.10. The van der Waals surface area contributed by atoms with Gasteiger partial charge in [0.2, 0.25) is 0 Å². The Kier molecular flexibility index (Phi) is 5.80. The molecule has 1 N–H and O–H groups in total. The summed E-state index contributed by atoms with van der Waals surface area (Å²) in [5, 5.41) is 8.25. The highest BCUT2D eigenvalue weighted by Gasteiger charge is 2.08. The second-order valence-electron chi connectivity index (χ2n) is 5.50. The molecule has 1 heterocycles. The van der Waals surface area contributed by atoms with E-state index < -0.39 is 0 Å². The normalized spacial score (nSPS) is 10.8. The molecule has 0 unspecified atom stereocenters. The van der Waals surface area contributed by atoms with Crippen molar-refractivity contribution in [2.75, 3.05) is 7.11 Å². The molecular weight excluding hydrogens is 396 g/mol. The molecule has 0 saturated heterocycles. The highest BCUT2D eigenvalue weighted by atomic mass is 79.9. The second-order valence-corrected chi connectivity index (χ2v) is 6.42. The molecule has 2 aromatic carbocycles. The molecular formula is C19H17BrN4O2. The minimum Gasteiger partial charge on any atom is -0.497 e. The van der Waals surface area contributed by atoms with E-state index in [-0.39, 0.29) is 5.91 Å². The third kappa shape index (κ3) is 4.80. The number of amides is 1. The van der Waals surface area contributed by atoms with Crippen molar-refractivity contribution in [3.05, 3.63) is 82.1 Å². The number of aromatic nitrogens is 2. The number of benzene rings is 2. The van der Waals surface area contributed by atoms with Crippen molar-refractivity contribution in [1.29, 1.82) is 0 Å². The van der Waals surface area contributed by atoms with Gasteiger partial charge in [0.1, 0.15) is 5.75 Å². The molecule has 3 aromatic rings. The Labute approximate surface area is 159 Å². The quantitative estimate of drug-likeness (QED) is 0.497. The van der Waals surface area contributed by atoms with Gasteiger partial charge >= 0.3 is 0 Å². The summed E-state index contributed by atoms with van der Waals surface area (Å²) < 4.78 is 7.86. The largest absolute Gasteiger partial charge is 0.497 e. The molecule has 3 rings (SSSR count). The lowest BCUT2D eigenvalue weighted by atomic mass is 10.2. The predicted octanol–water partition coefficient (Wildman–Crippen LogP) is 3.47. The smallest absolute Gasteiger partial charge is 0.291 e. The summed E-state index contributed by atoms with van der Waals surface area (Å²) in [4.78, 5) is 12.1. The Bertz CT molecular complexity index is 937. The number of halogens is 1. The first-order valence-corrected chi connectivity index (χ1v) is 8.69. The van der Waals surface area contributed by atoms with E-state index in [1.54, 1.807) is 30.3 Å². The summed E-state index contributed by atoms with van der Waals surface area (Å²) in [7, 11) is 1.60. The fourth-order valence-electron chi connectivity index (χ4n) is 2.34. The highest BCUT2D eigenvalue weighted by Crippen LogP contribution is 2.13. The molecule has 0 aliphatic rings. The van der Waals surface area contributed by atoms with Gasteiger partial charge in [-0.25, -0.2) is 5.43 Å². The van der Waals surface area contributed by atoms with E-state index in [4.69, 9.17) is 4.74 Å². The molecule has 26 heavy (non-hydrogen) atoms.